The monoisotopic (exact) mass is 339 g/mol. The molecule has 2 rings (SSSR count). The summed E-state index contributed by atoms with van der Waals surface area (Å²) in [5.74, 6) is 0. The Balaban J connectivity index is 2.21. The number of ether oxygens (including phenoxy) is 1. The van der Waals surface area contributed by atoms with E-state index in [0.717, 1.165) is 0 Å². The van der Waals surface area contributed by atoms with E-state index in [9.17, 15) is 8.42 Å². The minimum absolute atomic E-state index is 0.0299. The van der Waals surface area contributed by atoms with Crippen LogP contribution >= 0.6 is 23.2 Å². The van der Waals surface area contributed by atoms with Gasteiger partial charge in [-0.05, 0) is 30.5 Å². The maximum Gasteiger partial charge on any atom is 0.242 e. The molecular formula is C12H15Cl2NO4S. The molecule has 0 aliphatic heterocycles. The Morgan fingerprint density at radius 1 is 1.35 bits per heavy atom. The average molecular weight is 340 g/mol. The lowest BCUT2D eigenvalue weighted by Gasteiger charge is -2.34. The first-order chi connectivity index (χ1) is 9.37. The molecule has 1 fully saturated rings. The third-order valence-electron chi connectivity index (χ3n) is 3.31. The van der Waals surface area contributed by atoms with Crippen LogP contribution in [-0.4, -0.2) is 32.8 Å². The molecule has 0 atom stereocenters. The number of nitrogens with one attached hydrogen (secondary N) is 1. The van der Waals surface area contributed by atoms with Gasteiger partial charge in [0.15, 0.2) is 0 Å². The second-order valence-electron chi connectivity index (χ2n) is 4.68. The van der Waals surface area contributed by atoms with Crippen molar-refractivity contribution in [3.8, 4) is 0 Å². The summed E-state index contributed by atoms with van der Waals surface area (Å²) in [7, 11) is -2.14. The second-order valence-corrected chi connectivity index (χ2v) is 7.18. The van der Waals surface area contributed by atoms with E-state index >= 15 is 0 Å². The molecule has 0 bridgehead atoms. The second kappa shape index (κ2) is 6.17. The predicted octanol–water partition coefficient (Wildman–Crippen LogP) is 1.94. The van der Waals surface area contributed by atoms with Gasteiger partial charge in [-0.15, -0.1) is 0 Å². The summed E-state index contributed by atoms with van der Waals surface area (Å²) in [6.07, 6.45) is 1.36. The van der Waals surface area contributed by atoms with Gasteiger partial charge in [-0.2, -0.15) is 0 Å². The van der Waals surface area contributed by atoms with E-state index in [2.05, 4.69) is 4.72 Å². The highest BCUT2D eigenvalue weighted by Gasteiger charge is 2.33. The Kier molecular flexibility index (Phi) is 4.94. The number of aliphatic hydroxyl groups excluding tert-OH is 1. The number of hydrogen-bond acceptors (Lipinski definition) is 4. The van der Waals surface area contributed by atoms with Crippen LogP contribution in [0, 0.1) is 0 Å². The van der Waals surface area contributed by atoms with Crippen LogP contribution in [0.4, 0.5) is 0 Å². The molecular weight excluding hydrogens is 325 g/mol. The number of hydrogen-bond donors (Lipinski definition) is 2. The summed E-state index contributed by atoms with van der Waals surface area (Å²) in [6.45, 7) is -0.353. The van der Waals surface area contributed by atoms with E-state index in [0.29, 0.717) is 18.4 Å². The Morgan fingerprint density at radius 2 is 2.00 bits per heavy atom. The molecule has 20 heavy (non-hydrogen) atoms. The zero-order valence-electron chi connectivity index (χ0n) is 10.8. The molecule has 5 nitrogen and oxygen atoms in total. The lowest BCUT2D eigenvalue weighted by atomic mass is 9.90. The fraction of sp³-hybridized carbons (Fsp3) is 0.500. The molecule has 1 aliphatic carbocycles. The molecule has 112 valence electrons. The van der Waals surface area contributed by atoms with Crippen LogP contribution in [0.3, 0.4) is 0 Å². The van der Waals surface area contributed by atoms with Gasteiger partial charge in [-0.1, -0.05) is 23.2 Å². The van der Waals surface area contributed by atoms with Crippen molar-refractivity contribution in [1.29, 1.82) is 0 Å². The van der Waals surface area contributed by atoms with Crippen molar-refractivity contribution in [2.45, 2.75) is 36.5 Å². The van der Waals surface area contributed by atoms with Crippen LogP contribution in [0.25, 0.3) is 0 Å². The first-order valence-electron chi connectivity index (χ1n) is 6.01. The molecule has 1 aromatic carbocycles. The number of rotatable bonds is 5. The zero-order chi connectivity index (χ0) is 14.9. The van der Waals surface area contributed by atoms with Crippen molar-refractivity contribution in [3.05, 3.63) is 27.7 Å². The minimum atomic E-state index is -3.74. The van der Waals surface area contributed by atoms with E-state index in [4.69, 9.17) is 33.0 Å². The fourth-order valence-electron chi connectivity index (χ4n) is 2.04. The van der Waals surface area contributed by atoms with E-state index in [-0.39, 0.29) is 33.7 Å². The number of benzene rings is 1. The molecule has 2 N–H and O–H groups in total. The number of methoxy groups -OCH3 is 1. The normalized spacial score (nSPS) is 22.6. The highest BCUT2D eigenvalue weighted by molar-refractivity contribution is 7.89. The Bertz CT molecular complexity index is 600. The molecule has 0 spiro atoms. The van der Waals surface area contributed by atoms with Crippen LogP contribution < -0.4 is 4.72 Å². The van der Waals surface area contributed by atoms with Crippen LogP contribution in [0.1, 0.15) is 18.4 Å². The fourth-order valence-corrected chi connectivity index (χ4v) is 4.15. The predicted molar refractivity (Wildman–Crippen MR) is 76.5 cm³/mol. The van der Waals surface area contributed by atoms with Gasteiger partial charge in [0.25, 0.3) is 0 Å². The summed E-state index contributed by atoms with van der Waals surface area (Å²) < 4.78 is 32.2. The Labute approximate surface area is 127 Å². The molecule has 8 heteroatoms. The lowest BCUT2D eigenvalue weighted by molar-refractivity contribution is 0.0236. The smallest absolute Gasteiger partial charge is 0.242 e. The van der Waals surface area contributed by atoms with Gasteiger partial charge >= 0.3 is 0 Å². The maximum atomic E-state index is 12.3. The zero-order valence-corrected chi connectivity index (χ0v) is 13.1. The van der Waals surface area contributed by atoms with Gasteiger partial charge < -0.3 is 9.84 Å². The van der Waals surface area contributed by atoms with Gasteiger partial charge in [-0.3, -0.25) is 0 Å². The van der Waals surface area contributed by atoms with Gasteiger partial charge in [-0.25, -0.2) is 13.1 Å². The largest absolute Gasteiger partial charge is 0.392 e. The van der Waals surface area contributed by atoms with Crippen molar-refractivity contribution in [3.63, 3.8) is 0 Å². The van der Waals surface area contributed by atoms with Crippen LogP contribution in [0.15, 0.2) is 17.0 Å². The number of sulfonamides is 1. The summed E-state index contributed by atoms with van der Waals surface area (Å²) in [4.78, 5) is -0.0755. The summed E-state index contributed by atoms with van der Waals surface area (Å²) in [5.41, 5.74) is 0.319. The maximum absolute atomic E-state index is 12.3. The first-order valence-corrected chi connectivity index (χ1v) is 8.25. The highest BCUT2D eigenvalue weighted by Crippen LogP contribution is 2.30. The van der Waals surface area contributed by atoms with E-state index in [1.165, 1.54) is 12.1 Å². The molecule has 0 unspecified atom stereocenters. The molecule has 0 amide bonds. The van der Waals surface area contributed by atoms with Crippen molar-refractivity contribution in [1.82, 2.24) is 4.72 Å². The minimum Gasteiger partial charge on any atom is -0.392 e. The van der Waals surface area contributed by atoms with Gasteiger partial charge in [0.05, 0.1) is 17.7 Å². The van der Waals surface area contributed by atoms with Gasteiger partial charge in [0, 0.05) is 18.2 Å². The van der Waals surface area contributed by atoms with Crippen molar-refractivity contribution in [2.75, 3.05) is 7.11 Å². The lowest BCUT2D eigenvalue weighted by Crippen LogP contribution is -2.47. The number of aliphatic hydroxyl groups is 1. The van der Waals surface area contributed by atoms with Crippen molar-refractivity contribution in [2.24, 2.45) is 0 Å². The molecule has 1 aliphatic rings. The third kappa shape index (κ3) is 3.27. The van der Waals surface area contributed by atoms with Crippen LogP contribution in [0.5, 0.6) is 0 Å². The topological polar surface area (TPSA) is 75.6 Å². The van der Waals surface area contributed by atoms with Crippen LogP contribution in [0.2, 0.25) is 10.0 Å². The first kappa shape index (κ1) is 16.0. The SMILES string of the molecule is COC1CC(NS(=O)(=O)c2cc(CO)c(Cl)cc2Cl)C1. The molecule has 0 saturated heterocycles. The molecule has 1 saturated carbocycles. The Morgan fingerprint density at radius 3 is 2.55 bits per heavy atom. The average Bonchev–Trinajstić information content (AvgIpc) is 2.33. The third-order valence-corrected chi connectivity index (χ3v) is 5.65. The summed E-state index contributed by atoms with van der Waals surface area (Å²) in [6, 6.07) is 2.45. The van der Waals surface area contributed by atoms with Gasteiger partial charge in [0.1, 0.15) is 4.90 Å². The molecule has 0 radical (unpaired) electrons. The Hall–Kier alpha value is -0.370. The van der Waals surface area contributed by atoms with Crippen molar-refractivity contribution < 1.29 is 18.3 Å². The van der Waals surface area contributed by atoms with E-state index < -0.39 is 10.0 Å². The van der Waals surface area contributed by atoms with E-state index in [1.54, 1.807) is 7.11 Å². The van der Waals surface area contributed by atoms with Crippen LogP contribution in [-0.2, 0) is 21.4 Å². The summed E-state index contributed by atoms with van der Waals surface area (Å²) in [5, 5.41) is 9.41. The summed E-state index contributed by atoms with van der Waals surface area (Å²) >= 11 is 11.8. The molecule has 0 aromatic heterocycles. The quantitative estimate of drug-likeness (QED) is 0.859. The molecule has 1 aromatic rings. The highest BCUT2D eigenvalue weighted by atomic mass is 35.5. The standard InChI is InChI=1S/C12H15Cl2NO4S/c1-19-9-3-8(4-9)15-20(17,18)12-2-7(6-16)10(13)5-11(12)14/h2,5,8-9,15-16H,3-4,6H2,1H3. The van der Waals surface area contributed by atoms with Gasteiger partial charge in [0.2, 0.25) is 10.0 Å². The van der Waals surface area contributed by atoms with E-state index in [1.807, 2.05) is 0 Å². The number of halogens is 2. The van der Waals surface area contributed by atoms with Crippen molar-refractivity contribution >= 4 is 33.2 Å². The molecule has 0 heterocycles.